The standard InChI is InChI=1S/C13H12N2O2/c1-7-6-10(17)13(15)11(12(7)14)8-2-4-9(16)5-3-8/h2-6,14,16H,15H2,1H3. The minimum Gasteiger partial charge on any atom is -0.508 e. The van der Waals surface area contributed by atoms with Gasteiger partial charge in [-0.2, -0.15) is 0 Å². The van der Waals surface area contributed by atoms with Crippen LogP contribution >= 0.6 is 0 Å². The fourth-order valence-electron chi connectivity index (χ4n) is 1.73. The smallest absolute Gasteiger partial charge is 0.202 e. The third-order valence-electron chi connectivity index (χ3n) is 2.68. The van der Waals surface area contributed by atoms with Crippen molar-refractivity contribution in [3.05, 3.63) is 47.2 Å². The highest BCUT2D eigenvalue weighted by Crippen LogP contribution is 2.26. The largest absolute Gasteiger partial charge is 0.508 e. The number of phenolic OH excluding ortho intramolecular Hbond substituents is 1. The van der Waals surface area contributed by atoms with E-state index in [0.29, 0.717) is 16.7 Å². The molecular weight excluding hydrogens is 216 g/mol. The van der Waals surface area contributed by atoms with E-state index in [9.17, 15) is 9.90 Å². The number of hydrogen-bond acceptors (Lipinski definition) is 4. The molecule has 4 heteroatoms. The summed E-state index contributed by atoms with van der Waals surface area (Å²) in [5.41, 5.74) is 7.72. The van der Waals surface area contributed by atoms with Gasteiger partial charge in [-0.15, -0.1) is 0 Å². The van der Waals surface area contributed by atoms with Crippen molar-refractivity contribution >= 4 is 17.1 Å². The molecule has 0 bridgehead atoms. The normalized spacial score (nSPS) is 16.2. The Bertz CT molecular complexity index is 566. The van der Waals surface area contributed by atoms with Crippen LogP contribution in [0, 0.1) is 5.41 Å². The summed E-state index contributed by atoms with van der Waals surface area (Å²) < 4.78 is 0. The minimum absolute atomic E-state index is 0.0753. The van der Waals surface area contributed by atoms with Crippen molar-refractivity contribution in [2.24, 2.45) is 5.73 Å². The topological polar surface area (TPSA) is 87.2 Å². The Hall–Kier alpha value is -2.36. The van der Waals surface area contributed by atoms with Gasteiger partial charge in [-0.1, -0.05) is 12.1 Å². The lowest BCUT2D eigenvalue weighted by Gasteiger charge is -2.17. The van der Waals surface area contributed by atoms with E-state index in [1.54, 1.807) is 19.1 Å². The molecule has 0 radical (unpaired) electrons. The third kappa shape index (κ3) is 1.85. The van der Waals surface area contributed by atoms with E-state index in [4.69, 9.17) is 11.1 Å². The Morgan fingerprint density at radius 3 is 2.41 bits per heavy atom. The molecule has 0 heterocycles. The third-order valence-corrected chi connectivity index (χ3v) is 2.68. The van der Waals surface area contributed by atoms with Gasteiger partial charge < -0.3 is 10.8 Å². The predicted octanol–water partition coefficient (Wildman–Crippen LogP) is 1.61. The number of phenols is 1. The van der Waals surface area contributed by atoms with Crippen LogP contribution in [0.2, 0.25) is 0 Å². The average Bonchev–Trinajstić information content (AvgIpc) is 2.29. The molecule has 0 amide bonds. The van der Waals surface area contributed by atoms with Gasteiger partial charge >= 0.3 is 0 Å². The van der Waals surface area contributed by atoms with Gasteiger partial charge in [0.2, 0.25) is 5.78 Å². The first-order valence-electron chi connectivity index (χ1n) is 5.12. The van der Waals surface area contributed by atoms with E-state index in [0.717, 1.165) is 0 Å². The quantitative estimate of drug-likeness (QED) is 0.638. The van der Waals surface area contributed by atoms with Gasteiger partial charge in [-0.3, -0.25) is 10.2 Å². The first kappa shape index (κ1) is 11.1. The second-order valence-corrected chi connectivity index (χ2v) is 3.90. The summed E-state index contributed by atoms with van der Waals surface area (Å²) in [5.74, 6) is -0.143. The zero-order valence-corrected chi connectivity index (χ0v) is 9.32. The van der Waals surface area contributed by atoms with E-state index in [-0.39, 0.29) is 22.9 Å². The molecule has 2 rings (SSSR count). The second-order valence-electron chi connectivity index (χ2n) is 3.90. The molecule has 17 heavy (non-hydrogen) atoms. The molecule has 0 saturated carbocycles. The second kappa shape index (κ2) is 3.90. The van der Waals surface area contributed by atoms with Crippen molar-refractivity contribution in [3.63, 3.8) is 0 Å². The van der Waals surface area contributed by atoms with E-state index < -0.39 is 0 Å². The van der Waals surface area contributed by atoms with Crippen LogP contribution in [-0.4, -0.2) is 16.6 Å². The average molecular weight is 228 g/mol. The van der Waals surface area contributed by atoms with Crippen molar-refractivity contribution in [1.82, 2.24) is 0 Å². The Kier molecular flexibility index (Phi) is 2.55. The molecule has 0 fully saturated rings. The highest BCUT2D eigenvalue weighted by atomic mass is 16.3. The molecule has 0 saturated heterocycles. The van der Waals surface area contributed by atoms with Crippen LogP contribution < -0.4 is 5.73 Å². The minimum atomic E-state index is -0.276. The molecule has 1 aromatic carbocycles. The Morgan fingerprint density at radius 2 is 1.82 bits per heavy atom. The molecule has 0 aromatic heterocycles. The number of benzene rings is 1. The summed E-state index contributed by atoms with van der Waals surface area (Å²) in [7, 11) is 0. The summed E-state index contributed by atoms with van der Waals surface area (Å²) in [4.78, 5) is 11.6. The fraction of sp³-hybridized carbons (Fsp3) is 0.0769. The van der Waals surface area contributed by atoms with Crippen molar-refractivity contribution in [1.29, 1.82) is 5.41 Å². The monoisotopic (exact) mass is 228 g/mol. The Morgan fingerprint density at radius 1 is 1.24 bits per heavy atom. The SMILES string of the molecule is CC1=CC(=O)C(N)=C(c2ccc(O)cc2)C1=N. The highest BCUT2D eigenvalue weighted by Gasteiger charge is 2.22. The number of ketones is 1. The fourth-order valence-corrected chi connectivity index (χ4v) is 1.73. The Balaban J connectivity index is 2.57. The van der Waals surface area contributed by atoms with Crippen molar-refractivity contribution in [2.45, 2.75) is 6.92 Å². The summed E-state index contributed by atoms with van der Waals surface area (Å²) in [6.07, 6.45) is 1.36. The van der Waals surface area contributed by atoms with Gasteiger partial charge in [0.05, 0.1) is 11.4 Å². The van der Waals surface area contributed by atoms with Crippen LogP contribution in [0.4, 0.5) is 0 Å². The highest BCUT2D eigenvalue weighted by molar-refractivity contribution is 6.38. The van der Waals surface area contributed by atoms with Crippen molar-refractivity contribution < 1.29 is 9.90 Å². The molecule has 4 N–H and O–H groups in total. The molecule has 1 aliphatic carbocycles. The maximum Gasteiger partial charge on any atom is 0.202 e. The van der Waals surface area contributed by atoms with E-state index in [1.807, 2.05) is 0 Å². The van der Waals surface area contributed by atoms with Crippen LogP contribution in [0.3, 0.4) is 0 Å². The van der Waals surface area contributed by atoms with E-state index in [1.165, 1.54) is 18.2 Å². The maximum absolute atomic E-state index is 11.6. The van der Waals surface area contributed by atoms with E-state index in [2.05, 4.69) is 0 Å². The molecule has 1 aliphatic rings. The van der Waals surface area contributed by atoms with Gasteiger partial charge in [0.15, 0.2) is 0 Å². The van der Waals surface area contributed by atoms with Crippen molar-refractivity contribution in [3.8, 4) is 5.75 Å². The van der Waals surface area contributed by atoms with Crippen LogP contribution in [0.25, 0.3) is 5.57 Å². The molecule has 1 aromatic rings. The molecule has 86 valence electrons. The maximum atomic E-state index is 11.6. The van der Waals surface area contributed by atoms with Gasteiger partial charge in [0.1, 0.15) is 5.75 Å². The van der Waals surface area contributed by atoms with E-state index >= 15 is 0 Å². The summed E-state index contributed by atoms with van der Waals surface area (Å²) in [6.45, 7) is 1.70. The lowest BCUT2D eigenvalue weighted by Crippen LogP contribution is -2.21. The first-order valence-corrected chi connectivity index (χ1v) is 5.12. The van der Waals surface area contributed by atoms with Gasteiger partial charge in [-0.25, -0.2) is 0 Å². The zero-order valence-electron chi connectivity index (χ0n) is 9.32. The number of nitrogens with one attached hydrogen (secondary N) is 1. The molecule has 4 nitrogen and oxygen atoms in total. The Labute approximate surface area is 98.6 Å². The molecular formula is C13H12N2O2. The van der Waals surface area contributed by atoms with Gasteiger partial charge in [0, 0.05) is 5.57 Å². The van der Waals surface area contributed by atoms with Crippen molar-refractivity contribution in [2.75, 3.05) is 0 Å². The number of aromatic hydroxyl groups is 1. The summed E-state index contributed by atoms with van der Waals surface area (Å²) >= 11 is 0. The number of nitrogens with two attached hydrogens (primary N) is 1. The van der Waals surface area contributed by atoms with Crippen LogP contribution in [0.1, 0.15) is 12.5 Å². The first-order chi connectivity index (χ1) is 8.00. The zero-order chi connectivity index (χ0) is 12.6. The summed E-state index contributed by atoms with van der Waals surface area (Å²) in [6, 6.07) is 6.28. The number of allylic oxidation sites excluding steroid dienone is 3. The van der Waals surface area contributed by atoms with Crippen LogP contribution in [0.5, 0.6) is 5.75 Å². The number of hydrogen-bond donors (Lipinski definition) is 3. The number of carbonyl (C=O) groups excluding carboxylic acids is 1. The van der Waals surface area contributed by atoms with Gasteiger partial charge in [-0.05, 0) is 36.3 Å². The van der Waals surface area contributed by atoms with Crippen LogP contribution in [-0.2, 0) is 4.79 Å². The molecule has 0 atom stereocenters. The molecule has 0 spiro atoms. The predicted molar refractivity (Wildman–Crippen MR) is 65.7 cm³/mol. The summed E-state index contributed by atoms with van der Waals surface area (Å²) in [5, 5.41) is 17.2. The van der Waals surface area contributed by atoms with Gasteiger partial charge in [0.25, 0.3) is 0 Å². The number of carbonyl (C=O) groups is 1. The lowest BCUT2D eigenvalue weighted by atomic mass is 9.89. The molecule has 0 aliphatic heterocycles. The molecule has 0 unspecified atom stereocenters. The van der Waals surface area contributed by atoms with Crippen LogP contribution in [0.15, 0.2) is 41.6 Å². The number of rotatable bonds is 1. The lowest BCUT2D eigenvalue weighted by molar-refractivity contribution is -0.111.